The molecule has 1 aromatic heterocycles. The Hall–Kier alpha value is -3.40. The lowest BCUT2D eigenvalue weighted by atomic mass is 9.88. The number of hydrogen-bond donors (Lipinski definition) is 2. The minimum atomic E-state index is -0.279. The number of rotatable bonds is 6. The number of amides is 1. The number of para-hydroxylation sites is 1. The Morgan fingerprint density at radius 1 is 0.929 bits per heavy atom. The van der Waals surface area contributed by atoms with Crippen molar-refractivity contribution in [1.29, 1.82) is 0 Å². The Balaban J connectivity index is 1.56. The summed E-state index contributed by atoms with van der Waals surface area (Å²) in [5.74, 6) is -0.368. The highest BCUT2D eigenvalue weighted by Gasteiger charge is 2.21. The number of nitrogens with one attached hydrogen (secondary N) is 2. The molecule has 1 heterocycles. The summed E-state index contributed by atoms with van der Waals surface area (Å²) in [4.78, 5) is 16.0. The molecule has 0 fully saturated rings. The van der Waals surface area contributed by atoms with E-state index in [1.165, 1.54) is 12.1 Å². The highest BCUT2D eigenvalue weighted by atomic mass is 19.1. The number of carbonyl (C=O) groups is 1. The number of halogens is 1. The average molecular weight is 372 g/mol. The van der Waals surface area contributed by atoms with Crippen molar-refractivity contribution in [3.8, 4) is 0 Å². The van der Waals surface area contributed by atoms with Crippen LogP contribution in [0.2, 0.25) is 0 Å². The van der Waals surface area contributed by atoms with Crippen LogP contribution in [0.25, 0.3) is 10.9 Å². The van der Waals surface area contributed by atoms with Gasteiger partial charge in [0.1, 0.15) is 5.82 Å². The van der Waals surface area contributed by atoms with E-state index in [0.717, 1.165) is 27.6 Å². The van der Waals surface area contributed by atoms with Crippen LogP contribution in [-0.4, -0.2) is 10.9 Å². The zero-order chi connectivity index (χ0) is 19.3. The molecular formula is C24H21FN2O. The van der Waals surface area contributed by atoms with Crippen molar-refractivity contribution in [1.82, 2.24) is 10.3 Å². The fraction of sp³-hybridized carbons (Fsp3) is 0.125. The normalized spacial score (nSPS) is 12.0. The van der Waals surface area contributed by atoms with Crippen LogP contribution in [0.1, 0.15) is 29.0 Å². The third-order valence-electron chi connectivity index (χ3n) is 4.99. The highest BCUT2D eigenvalue weighted by Crippen LogP contribution is 2.33. The van der Waals surface area contributed by atoms with Gasteiger partial charge in [0.2, 0.25) is 5.91 Å². The van der Waals surface area contributed by atoms with E-state index in [2.05, 4.69) is 28.5 Å². The largest absolute Gasteiger partial charge is 0.361 e. The summed E-state index contributed by atoms with van der Waals surface area (Å²) in [5.41, 5.74) is 4.14. The predicted molar refractivity (Wildman–Crippen MR) is 109 cm³/mol. The maximum atomic E-state index is 13.0. The number of aromatic nitrogens is 1. The molecule has 0 aliphatic heterocycles. The summed E-state index contributed by atoms with van der Waals surface area (Å²) in [6.07, 6.45) is 2.34. The Morgan fingerprint density at radius 3 is 2.43 bits per heavy atom. The zero-order valence-corrected chi connectivity index (χ0v) is 15.4. The maximum absolute atomic E-state index is 13.0. The van der Waals surface area contributed by atoms with E-state index < -0.39 is 0 Å². The lowest BCUT2D eigenvalue weighted by Gasteiger charge is -2.17. The molecule has 0 radical (unpaired) electrons. The first-order valence-corrected chi connectivity index (χ1v) is 9.33. The van der Waals surface area contributed by atoms with E-state index in [1.54, 1.807) is 12.1 Å². The Bertz CT molecular complexity index is 1070. The smallest absolute Gasteiger partial charge is 0.221 e. The molecule has 0 spiro atoms. The fourth-order valence-corrected chi connectivity index (χ4v) is 3.54. The second kappa shape index (κ2) is 8.09. The van der Waals surface area contributed by atoms with Gasteiger partial charge in [-0.2, -0.15) is 0 Å². The highest BCUT2D eigenvalue weighted by molar-refractivity contribution is 5.86. The second-order valence-corrected chi connectivity index (χ2v) is 6.86. The predicted octanol–water partition coefficient (Wildman–Crippen LogP) is 5.15. The van der Waals surface area contributed by atoms with E-state index >= 15 is 0 Å². The van der Waals surface area contributed by atoms with Gasteiger partial charge in [-0.15, -0.1) is 0 Å². The Kier molecular flexibility index (Phi) is 5.20. The molecule has 1 unspecified atom stereocenters. The summed E-state index contributed by atoms with van der Waals surface area (Å²) >= 11 is 0. The number of benzene rings is 3. The van der Waals surface area contributed by atoms with Crippen LogP contribution in [0, 0.1) is 5.82 Å². The van der Waals surface area contributed by atoms with E-state index in [1.807, 2.05) is 42.6 Å². The fourth-order valence-electron chi connectivity index (χ4n) is 3.54. The monoisotopic (exact) mass is 372 g/mol. The third kappa shape index (κ3) is 3.96. The molecule has 0 aliphatic carbocycles. The van der Waals surface area contributed by atoms with Crippen molar-refractivity contribution in [3.05, 3.63) is 108 Å². The molecule has 3 aromatic carbocycles. The minimum Gasteiger partial charge on any atom is -0.361 e. The molecule has 4 rings (SSSR count). The maximum Gasteiger partial charge on any atom is 0.221 e. The molecule has 28 heavy (non-hydrogen) atoms. The molecule has 3 nitrogen and oxygen atoms in total. The molecule has 4 heteroatoms. The van der Waals surface area contributed by atoms with E-state index in [-0.39, 0.29) is 17.6 Å². The Labute approximate surface area is 163 Å². The van der Waals surface area contributed by atoms with Crippen LogP contribution in [-0.2, 0) is 11.3 Å². The first-order chi connectivity index (χ1) is 13.7. The summed E-state index contributed by atoms with van der Waals surface area (Å²) < 4.78 is 13.0. The zero-order valence-electron chi connectivity index (χ0n) is 15.4. The SMILES string of the molecule is O=C(CC(c1ccccc1)c1c[nH]c2ccccc12)NCc1ccc(F)cc1. The molecule has 0 aliphatic rings. The number of aromatic amines is 1. The van der Waals surface area contributed by atoms with Crippen molar-refractivity contribution in [2.75, 3.05) is 0 Å². The topological polar surface area (TPSA) is 44.9 Å². The first kappa shape index (κ1) is 18.0. The van der Waals surface area contributed by atoms with E-state index in [9.17, 15) is 9.18 Å². The first-order valence-electron chi connectivity index (χ1n) is 9.33. The quantitative estimate of drug-likeness (QED) is 0.483. The number of fused-ring (bicyclic) bond motifs is 1. The van der Waals surface area contributed by atoms with Crippen molar-refractivity contribution >= 4 is 16.8 Å². The molecule has 1 atom stereocenters. The molecular weight excluding hydrogens is 351 g/mol. The van der Waals surface area contributed by atoms with Gasteiger partial charge in [0, 0.05) is 36.0 Å². The van der Waals surface area contributed by atoms with Crippen LogP contribution in [0.15, 0.2) is 85.1 Å². The molecule has 4 aromatic rings. The van der Waals surface area contributed by atoms with Crippen LogP contribution < -0.4 is 5.32 Å². The van der Waals surface area contributed by atoms with Crippen molar-refractivity contribution in [2.45, 2.75) is 18.9 Å². The van der Waals surface area contributed by atoms with Crippen LogP contribution in [0.5, 0.6) is 0 Å². The van der Waals surface area contributed by atoms with Gasteiger partial charge in [-0.25, -0.2) is 4.39 Å². The van der Waals surface area contributed by atoms with Gasteiger partial charge < -0.3 is 10.3 Å². The second-order valence-electron chi connectivity index (χ2n) is 6.86. The van der Waals surface area contributed by atoms with Crippen LogP contribution in [0.3, 0.4) is 0 Å². The van der Waals surface area contributed by atoms with Gasteiger partial charge in [-0.3, -0.25) is 4.79 Å². The molecule has 0 bridgehead atoms. The number of H-pyrrole nitrogens is 1. The summed E-state index contributed by atoms with van der Waals surface area (Å²) in [5, 5.41) is 4.08. The van der Waals surface area contributed by atoms with Gasteiger partial charge >= 0.3 is 0 Å². The van der Waals surface area contributed by atoms with Crippen LogP contribution >= 0.6 is 0 Å². The van der Waals surface area contributed by atoms with E-state index in [0.29, 0.717) is 13.0 Å². The Morgan fingerprint density at radius 2 is 1.64 bits per heavy atom. The lowest BCUT2D eigenvalue weighted by Crippen LogP contribution is -2.25. The molecule has 2 N–H and O–H groups in total. The molecule has 1 amide bonds. The molecule has 140 valence electrons. The number of hydrogen-bond acceptors (Lipinski definition) is 1. The van der Waals surface area contributed by atoms with Crippen LogP contribution in [0.4, 0.5) is 4.39 Å². The lowest BCUT2D eigenvalue weighted by molar-refractivity contribution is -0.121. The van der Waals surface area contributed by atoms with Crippen molar-refractivity contribution in [2.24, 2.45) is 0 Å². The standard InChI is InChI=1S/C24H21FN2O/c25-19-12-10-17(11-13-19)15-27-24(28)14-21(18-6-2-1-3-7-18)22-16-26-23-9-5-4-8-20(22)23/h1-13,16,21,26H,14-15H2,(H,27,28). The third-order valence-corrected chi connectivity index (χ3v) is 4.99. The van der Waals surface area contributed by atoms with Gasteiger partial charge in [-0.1, -0.05) is 60.7 Å². The van der Waals surface area contributed by atoms with Gasteiger partial charge in [0.05, 0.1) is 0 Å². The van der Waals surface area contributed by atoms with Crippen molar-refractivity contribution < 1.29 is 9.18 Å². The summed E-state index contributed by atoms with van der Waals surface area (Å²) in [6, 6.07) is 24.4. The van der Waals surface area contributed by atoms with Gasteiger partial charge in [-0.05, 0) is 34.9 Å². The van der Waals surface area contributed by atoms with E-state index in [4.69, 9.17) is 0 Å². The summed E-state index contributed by atoms with van der Waals surface area (Å²) in [7, 11) is 0. The number of carbonyl (C=O) groups excluding carboxylic acids is 1. The minimum absolute atomic E-state index is 0.0385. The molecule has 0 saturated heterocycles. The average Bonchev–Trinajstić information content (AvgIpc) is 3.16. The van der Waals surface area contributed by atoms with Gasteiger partial charge in [0.25, 0.3) is 0 Å². The summed E-state index contributed by atoms with van der Waals surface area (Å²) in [6.45, 7) is 0.383. The van der Waals surface area contributed by atoms with Crippen molar-refractivity contribution in [3.63, 3.8) is 0 Å². The molecule has 0 saturated carbocycles. The van der Waals surface area contributed by atoms with Gasteiger partial charge in [0.15, 0.2) is 0 Å².